The molecule has 1 nitrogen and oxygen atoms in total. The predicted octanol–water partition coefficient (Wildman–Crippen LogP) is 4.65. The number of nitrogens with one attached hydrogen (secondary N) is 1. The second-order valence-electron chi connectivity index (χ2n) is 5.83. The second kappa shape index (κ2) is 6.86. The molecule has 1 N–H and O–H groups in total. The van der Waals surface area contributed by atoms with Crippen LogP contribution in [0, 0.1) is 0 Å². The van der Waals surface area contributed by atoms with E-state index in [9.17, 15) is 4.39 Å². The van der Waals surface area contributed by atoms with Gasteiger partial charge >= 0.3 is 0 Å². The quantitative estimate of drug-likeness (QED) is 0.861. The van der Waals surface area contributed by atoms with Crippen molar-refractivity contribution in [3.8, 4) is 0 Å². The van der Waals surface area contributed by atoms with Crippen LogP contribution in [0.3, 0.4) is 0 Å². The standard InChI is InChI=1S/C19H22FN/c20-17-13-7-8-14-18(17)21-19(15-9-3-1-4-10-15)16-11-5-2-6-12-16/h1-6,9-12,17-19,21H,7-8,13-14H2/t17-,18+/m0/s1. The predicted molar refractivity (Wildman–Crippen MR) is 85.0 cm³/mol. The molecule has 0 spiro atoms. The molecule has 1 fully saturated rings. The van der Waals surface area contributed by atoms with Crippen molar-refractivity contribution in [1.29, 1.82) is 0 Å². The SMILES string of the molecule is F[C@H]1CCCC[C@H]1NC(c1ccccc1)c1ccccc1. The molecule has 0 unspecified atom stereocenters. The van der Waals surface area contributed by atoms with Crippen molar-refractivity contribution in [2.24, 2.45) is 0 Å². The van der Waals surface area contributed by atoms with E-state index in [2.05, 4.69) is 29.6 Å². The summed E-state index contributed by atoms with van der Waals surface area (Å²) in [5, 5.41) is 3.56. The molecule has 1 aliphatic carbocycles. The molecule has 2 atom stereocenters. The highest BCUT2D eigenvalue weighted by atomic mass is 19.1. The Morgan fingerprint density at radius 1 is 0.810 bits per heavy atom. The molecule has 1 aliphatic rings. The third-order valence-electron chi connectivity index (χ3n) is 4.33. The van der Waals surface area contributed by atoms with Crippen molar-refractivity contribution in [3.05, 3.63) is 71.8 Å². The molecule has 0 amide bonds. The average Bonchev–Trinajstić information content (AvgIpc) is 2.56. The molecular weight excluding hydrogens is 261 g/mol. The van der Waals surface area contributed by atoms with Gasteiger partial charge in [0, 0.05) is 6.04 Å². The molecule has 1 saturated carbocycles. The highest BCUT2D eigenvalue weighted by molar-refractivity contribution is 5.31. The summed E-state index contributed by atoms with van der Waals surface area (Å²) in [5.74, 6) is 0. The minimum Gasteiger partial charge on any atom is -0.301 e. The van der Waals surface area contributed by atoms with E-state index in [0.717, 1.165) is 19.3 Å². The Balaban J connectivity index is 1.86. The lowest BCUT2D eigenvalue weighted by atomic mass is 9.90. The van der Waals surface area contributed by atoms with E-state index >= 15 is 0 Å². The van der Waals surface area contributed by atoms with Gasteiger partial charge in [-0.3, -0.25) is 0 Å². The summed E-state index contributed by atoms with van der Waals surface area (Å²) in [5.41, 5.74) is 2.39. The first kappa shape index (κ1) is 14.3. The topological polar surface area (TPSA) is 12.0 Å². The third kappa shape index (κ3) is 3.51. The fourth-order valence-electron chi connectivity index (χ4n) is 3.16. The van der Waals surface area contributed by atoms with Crippen LogP contribution in [0.2, 0.25) is 0 Å². The Bertz CT molecular complexity index is 501. The maximum absolute atomic E-state index is 14.2. The van der Waals surface area contributed by atoms with Gasteiger partial charge in [-0.1, -0.05) is 73.5 Å². The lowest BCUT2D eigenvalue weighted by molar-refractivity contribution is 0.182. The summed E-state index contributed by atoms with van der Waals surface area (Å²) in [7, 11) is 0. The fraction of sp³-hybridized carbons (Fsp3) is 0.368. The van der Waals surface area contributed by atoms with Gasteiger partial charge in [0.2, 0.25) is 0 Å². The van der Waals surface area contributed by atoms with Crippen molar-refractivity contribution in [3.63, 3.8) is 0 Å². The molecule has 2 heteroatoms. The molecule has 0 aliphatic heterocycles. The number of rotatable bonds is 4. The van der Waals surface area contributed by atoms with Crippen molar-refractivity contribution in [2.75, 3.05) is 0 Å². The van der Waals surface area contributed by atoms with Gasteiger partial charge in [0.25, 0.3) is 0 Å². The van der Waals surface area contributed by atoms with E-state index in [4.69, 9.17) is 0 Å². The third-order valence-corrected chi connectivity index (χ3v) is 4.33. The van der Waals surface area contributed by atoms with Crippen LogP contribution >= 0.6 is 0 Å². The summed E-state index contributed by atoms with van der Waals surface area (Å²) in [4.78, 5) is 0. The fourth-order valence-corrected chi connectivity index (χ4v) is 3.16. The smallest absolute Gasteiger partial charge is 0.115 e. The van der Waals surface area contributed by atoms with Gasteiger partial charge in [-0.25, -0.2) is 4.39 Å². The van der Waals surface area contributed by atoms with E-state index in [0.29, 0.717) is 6.42 Å². The van der Waals surface area contributed by atoms with Crippen LogP contribution in [0.1, 0.15) is 42.9 Å². The first-order valence-electron chi connectivity index (χ1n) is 7.84. The Labute approximate surface area is 126 Å². The van der Waals surface area contributed by atoms with E-state index in [1.54, 1.807) is 0 Å². The van der Waals surface area contributed by atoms with Crippen LogP contribution in [0.15, 0.2) is 60.7 Å². The molecule has 0 heterocycles. The molecule has 21 heavy (non-hydrogen) atoms. The van der Waals surface area contributed by atoms with Crippen molar-refractivity contribution < 1.29 is 4.39 Å². The average molecular weight is 283 g/mol. The lowest BCUT2D eigenvalue weighted by Crippen LogP contribution is -2.42. The van der Waals surface area contributed by atoms with Gasteiger partial charge in [0.1, 0.15) is 6.17 Å². The monoisotopic (exact) mass is 283 g/mol. The van der Waals surface area contributed by atoms with Crippen molar-refractivity contribution in [1.82, 2.24) is 5.32 Å². The molecule has 0 saturated heterocycles. The van der Waals surface area contributed by atoms with Crippen LogP contribution in [0.25, 0.3) is 0 Å². The van der Waals surface area contributed by atoms with E-state index in [-0.39, 0.29) is 12.1 Å². The highest BCUT2D eigenvalue weighted by Crippen LogP contribution is 2.27. The Hall–Kier alpha value is -1.67. The summed E-state index contributed by atoms with van der Waals surface area (Å²) in [6, 6.07) is 20.7. The molecule has 2 aromatic carbocycles. The first-order chi connectivity index (χ1) is 10.3. The minimum absolute atomic E-state index is 0.0378. The van der Waals surface area contributed by atoms with Gasteiger partial charge < -0.3 is 5.32 Å². The number of hydrogen-bond donors (Lipinski definition) is 1. The zero-order valence-electron chi connectivity index (χ0n) is 12.2. The lowest BCUT2D eigenvalue weighted by Gasteiger charge is -2.31. The van der Waals surface area contributed by atoms with Crippen LogP contribution in [-0.4, -0.2) is 12.2 Å². The number of alkyl halides is 1. The van der Waals surface area contributed by atoms with Gasteiger partial charge in [-0.05, 0) is 24.0 Å². The molecule has 110 valence electrons. The molecule has 0 bridgehead atoms. The Kier molecular flexibility index (Phi) is 4.66. The first-order valence-corrected chi connectivity index (χ1v) is 7.84. The highest BCUT2D eigenvalue weighted by Gasteiger charge is 2.27. The maximum atomic E-state index is 14.2. The molecule has 3 rings (SSSR count). The summed E-state index contributed by atoms with van der Waals surface area (Å²) in [6.45, 7) is 0. The normalized spacial score (nSPS) is 22.4. The summed E-state index contributed by atoms with van der Waals surface area (Å²) < 4.78 is 14.2. The largest absolute Gasteiger partial charge is 0.301 e. The van der Waals surface area contributed by atoms with Crippen LogP contribution in [0.5, 0.6) is 0 Å². The number of hydrogen-bond acceptors (Lipinski definition) is 1. The number of benzene rings is 2. The molecule has 0 radical (unpaired) electrons. The van der Waals surface area contributed by atoms with Crippen molar-refractivity contribution >= 4 is 0 Å². The van der Waals surface area contributed by atoms with Crippen LogP contribution in [-0.2, 0) is 0 Å². The summed E-state index contributed by atoms with van der Waals surface area (Å²) in [6.07, 6.45) is 3.02. The van der Waals surface area contributed by atoms with Crippen molar-refractivity contribution in [2.45, 2.75) is 43.9 Å². The number of halogens is 1. The van der Waals surface area contributed by atoms with Crippen LogP contribution < -0.4 is 5.32 Å². The minimum atomic E-state index is -0.728. The summed E-state index contributed by atoms with van der Waals surface area (Å²) >= 11 is 0. The second-order valence-corrected chi connectivity index (χ2v) is 5.83. The van der Waals surface area contributed by atoms with Gasteiger partial charge in [0.15, 0.2) is 0 Å². The molecule has 0 aromatic heterocycles. The van der Waals surface area contributed by atoms with Gasteiger partial charge in [0.05, 0.1) is 6.04 Å². The van der Waals surface area contributed by atoms with Crippen LogP contribution in [0.4, 0.5) is 4.39 Å². The zero-order chi connectivity index (χ0) is 14.5. The molecule has 2 aromatic rings. The Morgan fingerprint density at radius 3 is 1.86 bits per heavy atom. The maximum Gasteiger partial charge on any atom is 0.115 e. The van der Waals surface area contributed by atoms with E-state index < -0.39 is 6.17 Å². The Morgan fingerprint density at radius 2 is 1.33 bits per heavy atom. The zero-order valence-corrected chi connectivity index (χ0v) is 12.2. The van der Waals surface area contributed by atoms with Gasteiger partial charge in [-0.15, -0.1) is 0 Å². The molecular formula is C19H22FN. The van der Waals surface area contributed by atoms with Gasteiger partial charge in [-0.2, -0.15) is 0 Å². The van der Waals surface area contributed by atoms with E-state index in [1.165, 1.54) is 11.1 Å². The van der Waals surface area contributed by atoms with E-state index in [1.807, 2.05) is 36.4 Å².